The predicted octanol–water partition coefficient (Wildman–Crippen LogP) is 6.06. The van der Waals surface area contributed by atoms with Crippen LogP contribution in [0.4, 0.5) is 0 Å². The molecule has 35 heavy (non-hydrogen) atoms. The van der Waals surface area contributed by atoms with E-state index in [-0.39, 0.29) is 0 Å². The molecule has 6 nitrogen and oxygen atoms in total. The van der Waals surface area contributed by atoms with Crippen LogP contribution in [0.1, 0.15) is 41.1 Å². The lowest BCUT2D eigenvalue weighted by Gasteiger charge is -2.07. The van der Waals surface area contributed by atoms with E-state index in [9.17, 15) is 0 Å². The highest BCUT2D eigenvalue weighted by molar-refractivity contribution is 5.78. The summed E-state index contributed by atoms with van der Waals surface area (Å²) in [6.07, 6.45) is 8.33. The van der Waals surface area contributed by atoms with Gasteiger partial charge >= 0.3 is 0 Å². The van der Waals surface area contributed by atoms with Crippen molar-refractivity contribution in [1.29, 1.82) is 0 Å². The minimum absolute atomic E-state index is 0.437. The highest BCUT2D eigenvalue weighted by Crippen LogP contribution is 2.19. The van der Waals surface area contributed by atoms with Crippen LogP contribution >= 0.6 is 0 Å². The van der Waals surface area contributed by atoms with Crippen LogP contribution in [0.25, 0.3) is 23.1 Å². The lowest BCUT2D eigenvalue weighted by molar-refractivity contribution is 0.302. The van der Waals surface area contributed by atoms with Crippen LogP contribution in [0.3, 0.4) is 0 Å². The van der Waals surface area contributed by atoms with Crippen LogP contribution in [0.5, 0.6) is 5.75 Å². The second kappa shape index (κ2) is 11.2. The van der Waals surface area contributed by atoms with Crippen molar-refractivity contribution in [1.82, 2.24) is 25.6 Å². The molecule has 3 aromatic carbocycles. The molecule has 2 heterocycles. The van der Waals surface area contributed by atoms with E-state index >= 15 is 0 Å². The summed E-state index contributed by atoms with van der Waals surface area (Å²) in [6.45, 7) is 0.437. The van der Waals surface area contributed by atoms with Crippen molar-refractivity contribution >= 4 is 23.1 Å². The minimum atomic E-state index is 0.437. The molecule has 6 heteroatoms. The highest BCUT2D eigenvalue weighted by Gasteiger charge is 2.02. The summed E-state index contributed by atoms with van der Waals surface area (Å²) in [5.74, 6) is 1.68. The van der Waals surface area contributed by atoms with E-state index in [1.54, 1.807) is 0 Å². The van der Waals surface area contributed by atoms with E-state index in [0.717, 1.165) is 59.4 Å². The average molecular weight is 462 g/mol. The van der Waals surface area contributed by atoms with E-state index in [1.165, 1.54) is 11.1 Å². The molecule has 0 radical (unpaired) electrons. The van der Waals surface area contributed by atoms with Gasteiger partial charge in [0, 0.05) is 11.8 Å². The van der Waals surface area contributed by atoms with Gasteiger partial charge < -0.3 is 4.74 Å². The summed E-state index contributed by atoms with van der Waals surface area (Å²) in [6, 6.07) is 29.0. The maximum atomic E-state index is 6.02. The Balaban J connectivity index is 1.16. The summed E-state index contributed by atoms with van der Waals surface area (Å²) in [4.78, 5) is 4.69. The summed E-state index contributed by atoms with van der Waals surface area (Å²) in [7, 11) is 0. The molecule has 0 amide bonds. The summed E-state index contributed by atoms with van der Waals surface area (Å²) >= 11 is 0. The van der Waals surface area contributed by atoms with Crippen molar-refractivity contribution in [3.05, 3.63) is 113 Å². The molecule has 0 fully saturated rings. The van der Waals surface area contributed by atoms with Crippen molar-refractivity contribution < 1.29 is 4.74 Å². The van der Waals surface area contributed by atoms with Crippen molar-refractivity contribution in [2.75, 3.05) is 0 Å². The highest BCUT2D eigenvalue weighted by atomic mass is 16.5. The second-order valence-electron chi connectivity index (χ2n) is 8.49. The fraction of sp³-hybridized carbons (Fsp3) is 0.172. The summed E-state index contributed by atoms with van der Waals surface area (Å²) in [5.41, 5.74) is 5.52. The van der Waals surface area contributed by atoms with Gasteiger partial charge in [0.25, 0.3) is 0 Å². The normalized spacial score (nSPS) is 11.3. The third-order valence-corrected chi connectivity index (χ3v) is 5.84. The number of unbranched alkanes of at least 4 members (excludes halogenated alkanes) is 1. The molecule has 1 N–H and O–H groups in total. The van der Waals surface area contributed by atoms with Crippen molar-refractivity contribution in [2.45, 2.75) is 32.3 Å². The number of fused-ring (bicyclic) bond motifs is 1. The van der Waals surface area contributed by atoms with Gasteiger partial charge in [-0.2, -0.15) is 0 Å². The van der Waals surface area contributed by atoms with Gasteiger partial charge in [-0.1, -0.05) is 72.8 Å². The fourth-order valence-corrected chi connectivity index (χ4v) is 4.00. The number of aromatic nitrogens is 5. The Morgan fingerprint density at radius 3 is 2.49 bits per heavy atom. The van der Waals surface area contributed by atoms with Gasteiger partial charge in [-0.25, -0.2) is 10.1 Å². The first-order chi connectivity index (χ1) is 17.3. The van der Waals surface area contributed by atoms with E-state index in [4.69, 9.17) is 4.74 Å². The number of H-pyrrole nitrogens is 1. The van der Waals surface area contributed by atoms with Crippen LogP contribution in [-0.4, -0.2) is 25.6 Å². The number of nitrogens with one attached hydrogen (secondary N) is 1. The molecule has 0 spiro atoms. The lowest BCUT2D eigenvalue weighted by Crippen LogP contribution is -1.98. The summed E-state index contributed by atoms with van der Waals surface area (Å²) < 4.78 is 6.02. The van der Waals surface area contributed by atoms with Gasteiger partial charge in [0.05, 0.1) is 11.2 Å². The number of hydrogen-bond acceptors (Lipinski definition) is 5. The van der Waals surface area contributed by atoms with E-state index in [2.05, 4.69) is 86.3 Å². The number of aryl methyl sites for hydroxylation is 2. The minimum Gasteiger partial charge on any atom is -0.487 e. The molecule has 0 atom stereocenters. The lowest BCUT2D eigenvalue weighted by atomic mass is 10.0. The molecule has 0 saturated carbocycles. The molecular weight excluding hydrogens is 434 g/mol. The van der Waals surface area contributed by atoms with Gasteiger partial charge in [-0.15, -0.1) is 5.10 Å². The molecule has 0 bridgehead atoms. The molecule has 5 rings (SSSR count). The average Bonchev–Trinajstić information content (AvgIpc) is 3.43. The number of para-hydroxylation sites is 1. The third-order valence-electron chi connectivity index (χ3n) is 5.84. The summed E-state index contributed by atoms with van der Waals surface area (Å²) in [5, 5.41) is 15.1. The zero-order valence-corrected chi connectivity index (χ0v) is 19.5. The second-order valence-corrected chi connectivity index (χ2v) is 8.49. The molecule has 0 aliphatic carbocycles. The van der Waals surface area contributed by atoms with Gasteiger partial charge in [0.1, 0.15) is 18.2 Å². The van der Waals surface area contributed by atoms with Gasteiger partial charge in [0.2, 0.25) is 0 Å². The first kappa shape index (κ1) is 22.5. The van der Waals surface area contributed by atoms with Crippen LogP contribution < -0.4 is 4.74 Å². The van der Waals surface area contributed by atoms with Crippen LogP contribution in [0.2, 0.25) is 0 Å². The topological polar surface area (TPSA) is 76.6 Å². The maximum Gasteiger partial charge on any atom is 0.148 e. The Morgan fingerprint density at radius 2 is 1.60 bits per heavy atom. The standard InChI is InChI=1S/C29H27N5O/c1(4-14-29-31-33-34-32-29)7-22-8-5-9-23(19-22)15-16-24-10-6-12-27(20-24)35-21-26-18-17-25-11-2-3-13-28(25)30-26/h2-3,5-6,8-13,15-20H,1,4,7,14,21H2,(H,31,32,33,34)/b16-15+. The van der Waals surface area contributed by atoms with Gasteiger partial charge in [-0.05, 0) is 70.6 Å². The number of benzene rings is 3. The van der Waals surface area contributed by atoms with Crippen molar-refractivity contribution in [3.8, 4) is 5.75 Å². The predicted molar refractivity (Wildman–Crippen MR) is 139 cm³/mol. The van der Waals surface area contributed by atoms with Crippen LogP contribution in [-0.2, 0) is 19.4 Å². The molecule has 5 aromatic rings. The Labute approximate surface area is 204 Å². The first-order valence-corrected chi connectivity index (χ1v) is 11.9. The van der Waals surface area contributed by atoms with Gasteiger partial charge in [0.15, 0.2) is 0 Å². The number of pyridine rings is 1. The number of nitrogens with zero attached hydrogens (tertiary/aromatic N) is 4. The monoisotopic (exact) mass is 461 g/mol. The molecule has 0 aliphatic heterocycles. The van der Waals surface area contributed by atoms with E-state index in [0.29, 0.717) is 6.61 Å². The first-order valence-electron chi connectivity index (χ1n) is 11.9. The van der Waals surface area contributed by atoms with Gasteiger partial charge in [-0.3, -0.25) is 0 Å². The van der Waals surface area contributed by atoms with E-state index < -0.39 is 0 Å². The Morgan fingerprint density at radius 1 is 0.771 bits per heavy atom. The Kier molecular flexibility index (Phi) is 7.19. The molecule has 0 saturated heterocycles. The largest absolute Gasteiger partial charge is 0.487 e. The molecule has 174 valence electrons. The number of ether oxygens (including phenoxy) is 1. The zero-order chi connectivity index (χ0) is 23.7. The number of aromatic amines is 1. The number of tetrazole rings is 1. The SMILES string of the molecule is C(=C\c1cccc(OCc2ccc3ccccc3n2)c1)/c1cccc(CCCCc2nnn[nH]2)c1. The van der Waals surface area contributed by atoms with Crippen molar-refractivity contribution in [3.63, 3.8) is 0 Å². The Bertz CT molecular complexity index is 1410. The molecule has 0 aliphatic rings. The molecule has 2 aromatic heterocycles. The van der Waals surface area contributed by atoms with E-state index in [1.807, 2.05) is 36.4 Å². The number of rotatable bonds is 10. The fourth-order valence-electron chi connectivity index (χ4n) is 4.00. The smallest absolute Gasteiger partial charge is 0.148 e. The Hall–Kier alpha value is -4.32. The molecule has 0 unspecified atom stereocenters. The van der Waals surface area contributed by atoms with Crippen LogP contribution in [0, 0.1) is 0 Å². The molecular formula is C29H27N5O. The van der Waals surface area contributed by atoms with Crippen LogP contribution in [0.15, 0.2) is 84.9 Å². The zero-order valence-electron chi connectivity index (χ0n) is 19.5. The maximum absolute atomic E-state index is 6.02. The third kappa shape index (κ3) is 6.38. The number of hydrogen-bond donors (Lipinski definition) is 1. The van der Waals surface area contributed by atoms with Crippen molar-refractivity contribution in [2.24, 2.45) is 0 Å². The quantitative estimate of drug-likeness (QED) is 0.202.